The molecule has 0 aliphatic heterocycles. The number of aromatic nitrogens is 3. The summed E-state index contributed by atoms with van der Waals surface area (Å²) in [5, 5.41) is 10.0. The lowest BCUT2D eigenvalue weighted by Gasteiger charge is -2.13. The molecule has 0 saturated carbocycles. The lowest BCUT2D eigenvalue weighted by Crippen LogP contribution is -2.28. The first-order valence-corrected chi connectivity index (χ1v) is 12.3. The molecule has 10 heteroatoms. The molecule has 2 N–H and O–H groups in total. The van der Waals surface area contributed by atoms with Gasteiger partial charge in [-0.3, -0.25) is 4.79 Å². The van der Waals surface area contributed by atoms with Gasteiger partial charge in [0.05, 0.1) is 17.8 Å². The van der Waals surface area contributed by atoms with Gasteiger partial charge >= 0.3 is 5.97 Å². The number of sulfonamides is 1. The van der Waals surface area contributed by atoms with Crippen molar-refractivity contribution in [2.75, 3.05) is 6.54 Å². The molecule has 0 unspecified atom stereocenters. The molecule has 4 aromatic rings. The highest BCUT2D eigenvalue weighted by Gasteiger charge is 2.18. The standard InChI is InChI=1S/C24H25FN4O4S/c1-17-21-14-18(3-9-24(30)31)2-8-22(21)29(23(17)15-28-12-10-26-16-28)13-11-27-34(32,33)20-6-4-19(25)5-7-20/h2,4-8,10,12,14,16,27H,3,9,11,13,15H2,1H3,(H,30,31). The van der Waals surface area contributed by atoms with Gasteiger partial charge in [-0.05, 0) is 60.9 Å². The maximum Gasteiger partial charge on any atom is 0.303 e. The van der Waals surface area contributed by atoms with Crippen LogP contribution >= 0.6 is 0 Å². The van der Waals surface area contributed by atoms with E-state index in [1.165, 1.54) is 12.1 Å². The molecule has 2 aromatic carbocycles. The molecule has 0 aliphatic carbocycles. The molecule has 0 bridgehead atoms. The summed E-state index contributed by atoms with van der Waals surface area (Å²) >= 11 is 0. The third-order valence-corrected chi connectivity index (χ3v) is 7.26. The van der Waals surface area contributed by atoms with Crippen molar-refractivity contribution >= 4 is 26.9 Å². The number of nitrogens with one attached hydrogen (secondary N) is 1. The van der Waals surface area contributed by atoms with E-state index in [9.17, 15) is 17.6 Å². The summed E-state index contributed by atoms with van der Waals surface area (Å²) in [6.07, 6.45) is 5.76. The van der Waals surface area contributed by atoms with Gasteiger partial charge in [0.1, 0.15) is 5.82 Å². The fourth-order valence-corrected chi connectivity index (χ4v) is 5.05. The third-order valence-electron chi connectivity index (χ3n) is 5.78. The minimum absolute atomic E-state index is 0.00385. The number of rotatable bonds is 10. The Morgan fingerprint density at radius 1 is 1.18 bits per heavy atom. The minimum atomic E-state index is -3.78. The predicted octanol–water partition coefficient (Wildman–Crippen LogP) is 3.33. The van der Waals surface area contributed by atoms with Crippen LogP contribution in [0.3, 0.4) is 0 Å². The van der Waals surface area contributed by atoms with Crippen LogP contribution in [0.2, 0.25) is 0 Å². The molecule has 2 heterocycles. The van der Waals surface area contributed by atoms with Gasteiger partial charge in [0.15, 0.2) is 0 Å². The number of benzene rings is 2. The number of hydrogen-bond donors (Lipinski definition) is 2. The first kappa shape index (κ1) is 23.7. The largest absolute Gasteiger partial charge is 0.481 e. The summed E-state index contributed by atoms with van der Waals surface area (Å²) in [5.41, 5.74) is 3.92. The van der Waals surface area contributed by atoms with E-state index in [0.29, 0.717) is 19.5 Å². The summed E-state index contributed by atoms with van der Waals surface area (Å²) in [6.45, 7) is 3.08. The van der Waals surface area contributed by atoms with Gasteiger partial charge in [-0.1, -0.05) is 6.07 Å². The fraction of sp³-hybridized carbons (Fsp3) is 0.250. The number of aliphatic carboxylic acids is 1. The lowest BCUT2D eigenvalue weighted by molar-refractivity contribution is -0.136. The summed E-state index contributed by atoms with van der Waals surface area (Å²) < 4.78 is 45.0. The number of nitrogens with zero attached hydrogens (tertiary/aromatic N) is 3. The van der Waals surface area contributed by atoms with E-state index in [1.807, 2.05) is 35.9 Å². The van der Waals surface area contributed by atoms with Crippen molar-refractivity contribution in [3.63, 3.8) is 0 Å². The summed E-state index contributed by atoms with van der Waals surface area (Å²) in [7, 11) is -3.78. The molecule has 0 atom stereocenters. The SMILES string of the molecule is Cc1c(Cn2ccnc2)n(CCNS(=O)(=O)c2ccc(F)cc2)c2ccc(CCC(=O)O)cc12. The third kappa shape index (κ3) is 5.18. The Morgan fingerprint density at radius 2 is 1.94 bits per heavy atom. The molecule has 178 valence electrons. The fourth-order valence-electron chi connectivity index (χ4n) is 4.03. The Kier molecular flexibility index (Phi) is 6.80. The number of carboxylic acid groups (broad SMARTS) is 1. The molecule has 0 spiro atoms. The number of fused-ring (bicyclic) bond motifs is 1. The number of hydrogen-bond acceptors (Lipinski definition) is 4. The highest BCUT2D eigenvalue weighted by Crippen LogP contribution is 2.28. The van der Waals surface area contributed by atoms with Crippen LogP contribution in [0.4, 0.5) is 4.39 Å². The van der Waals surface area contributed by atoms with E-state index < -0.39 is 21.8 Å². The number of imidazole rings is 1. The Bertz CT molecular complexity index is 1410. The zero-order chi connectivity index (χ0) is 24.3. The second-order valence-corrected chi connectivity index (χ2v) is 9.82. The zero-order valence-electron chi connectivity index (χ0n) is 18.6. The van der Waals surface area contributed by atoms with Crippen molar-refractivity contribution in [2.24, 2.45) is 0 Å². The average molecular weight is 485 g/mol. The monoisotopic (exact) mass is 484 g/mol. The highest BCUT2D eigenvalue weighted by atomic mass is 32.2. The molecule has 8 nitrogen and oxygen atoms in total. The van der Waals surface area contributed by atoms with E-state index in [2.05, 4.69) is 14.3 Å². The Labute approximate surface area is 196 Å². The molecule has 0 radical (unpaired) electrons. The van der Waals surface area contributed by atoms with Crippen molar-refractivity contribution in [1.29, 1.82) is 0 Å². The van der Waals surface area contributed by atoms with E-state index in [4.69, 9.17) is 5.11 Å². The molecular weight excluding hydrogens is 459 g/mol. The van der Waals surface area contributed by atoms with Crippen LogP contribution in [0.15, 0.2) is 66.1 Å². The maximum absolute atomic E-state index is 13.2. The second-order valence-electron chi connectivity index (χ2n) is 8.06. The zero-order valence-corrected chi connectivity index (χ0v) is 19.4. The maximum atomic E-state index is 13.2. The van der Waals surface area contributed by atoms with Crippen LogP contribution in [0.5, 0.6) is 0 Å². The van der Waals surface area contributed by atoms with Crippen molar-refractivity contribution in [3.8, 4) is 0 Å². The van der Waals surface area contributed by atoms with Crippen LogP contribution in [-0.2, 0) is 34.3 Å². The molecule has 34 heavy (non-hydrogen) atoms. The van der Waals surface area contributed by atoms with Gasteiger partial charge in [-0.25, -0.2) is 22.5 Å². The quantitative estimate of drug-likeness (QED) is 0.359. The van der Waals surface area contributed by atoms with Crippen molar-refractivity contribution < 1.29 is 22.7 Å². The summed E-state index contributed by atoms with van der Waals surface area (Å²) in [5.74, 6) is -1.34. The first-order chi connectivity index (χ1) is 16.2. The topological polar surface area (TPSA) is 106 Å². The molecule has 0 amide bonds. The van der Waals surface area contributed by atoms with Gasteiger partial charge < -0.3 is 14.2 Å². The molecular formula is C24H25FN4O4S. The molecule has 0 saturated heterocycles. The number of halogens is 1. The van der Waals surface area contributed by atoms with Crippen LogP contribution in [0.1, 0.15) is 23.2 Å². The summed E-state index contributed by atoms with van der Waals surface area (Å²) in [4.78, 5) is 15.1. The van der Waals surface area contributed by atoms with Crippen molar-refractivity contribution in [2.45, 2.75) is 37.8 Å². The van der Waals surface area contributed by atoms with Gasteiger partial charge in [0, 0.05) is 48.5 Å². The van der Waals surface area contributed by atoms with Crippen LogP contribution in [-0.4, -0.2) is 40.2 Å². The average Bonchev–Trinajstić information content (AvgIpc) is 3.40. The van der Waals surface area contributed by atoms with Gasteiger partial charge in [0.25, 0.3) is 0 Å². The molecule has 2 aromatic heterocycles. The van der Waals surface area contributed by atoms with Crippen molar-refractivity contribution in [3.05, 3.63) is 83.8 Å². The second kappa shape index (κ2) is 9.78. The molecule has 0 fully saturated rings. The Morgan fingerprint density at radius 3 is 2.62 bits per heavy atom. The van der Waals surface area contributed by atoms with E-state index in [1.54, 1.807) is 12.5 Å². The predicted molar refractivity (Wildman–Crippen MR) is 126 cm³/mol. The lowest BCUT2D eigenvalue weighted by atomic mass is 10.1. The van der Waals surface area contributed by atoms with Gasteiger partial charge in [0.2, 0.25) is 10.0 Å². The molecule has 0 aliphatic rings. The van der Waals surface area contributed by atoms with Crippen molar-refractivity contribution in [1.82, 2.24) is 18.8 Å². The van der Waals surface area contributed by atoms with Gasteiger partial charge in [-0.2, -0.15) is 0 Å². The number of carboxylic acids is 1. The van der Waals surface area contributed by atoms with Crippen LogP contribution in [0, 0.1) is 12.7 Å². The normalized spacial score (nSPS) is 11.8. The molecule has 4 rings (SSSR count). The van der Waals surface area contributed by atoms with Crippen LogP contribution in [0.25, 0.3) is 10.9 Å². The number of aryl methyl sites for hydroxylation is 2. The number of carbonyl (C=O) groups is 1. The minimum Gasteiger partial charge on any atom is -0.481 e. The van der Waals surface area contributed by atoms with E-state index in [-0.39, 0.29) is 17.9 Å². The Hall–Kier alpha value is -3.50. The first-order valence-electron chi connectivity index (χ1n) is 10.8. The van der Waals surface area contributed by atoms with E-state index in [0.717, 1.165) is 39.9 Å². The van der Waals surface area contributed by atoms with Crippen LogP contribution < -0.4 is 4.72 Å². The highest BCUT2D eigenvalue weighted by molar-refractivity contribution is 7.89. The van der Waals surface area contributed by atoms with E-state index >= 15 is 0 Å². The smallest absolute Gasteiger partial charge is 0.303 e. The van der Waals surface area contributed by atoms with Gasteiger partial charge in [-0.15, -0.1) is 0 Å². The Balaban J connectivity index is 1.62. The summed E-state index contributed by atoms with van der Waals surface area (Å²) in [6, 6.07) is 10.6.